The predicted octanol–water partition coefficient (Wildman–Crippen LogP) is 3.59. The van der Waals surface area contributed by atoms with E-state index in [9.17, 15) is 0 Å². The fourth-order valence-electron chi connectivity index (χ4n) is 2.78. The zero-order valence-electron chi connectivity index (χ0n) is 10.8. The molecule has 2 nitrogen and oxygen atoms in total. The van der Waals surface area contributed by atoms with Gasteiger partial charge in [0.05, 0.1) is 12.1 Å². The van der Waals surface area contributed by atoms with Crippen LogP contribution >= 0.6 is 11.3 Å². The van der Waals surface area contributed by atoms with E-state index in [0.29, 0.717) is 12.1 Å². The molecule has 1 aliphatic carbocycles. The SMILES string of the molecule is CNC(c1cccc2ccsc12)C(OC)C1CC1. The average molecular weight is 261 g/mol. The van der Waals surface area contributed by atoms with Crippen LogP contribution in [0.5, 0.6) is 0 Å². The molecule has 2 unspecified atom stereocenters. The molecule has 96 valence electrons. The molecule has 2 aromatic rings. The number of hydrogen-bond donors (Lipinski definition) is 1. The zero-order valence-corrected chi connectivity index (χ0v) is 11.7. The van der Waals surface area contributed by atoms with Crippen molar-refractivity contribution in [1.29, 1.82) is 0 Å². The number of likely N-dealkylation sites (N-methyl/N-ethyl adjacent to an activating group) is 1. The second kappa shape index (κ2) is 5.00. The third kappa shape index (κ3) is 2.07. The Kier molecular flexibility index (Phi) is 3.37. The molecular formula is C15H19NOS. The fourth-order valence-corrected chi connectivity index (χ4v) is 3.74. The maximum absolute atomic E-state index is 5.75. The van der Waals surface area contributed by atoms with Crippen molar-refractivity contribution in [1.82, 2.24) is 5.32 Å². The minimum atomic E-state index is 0.294. The Balaban J connectivity index is 2.01. The first kappa shape index (κ1) is 12.2. The Morgan fingerprint density at radius 3 is 2.83 bits per heavy atom. The topological polar surface area (TPSA) is 21.3 Å². The number of hydrogen-bond acceptors (Lipinski definition) is 3. The molecule has 1 aromatic carbocycles. The van der Waals surface area contributed by atoms with Crippen molar-refractivity contribution in [2.75, 3.05) is 14.2 Å². The summed E-state index contributed by atoms with van der Waals surface area (Å²) in [5, 5.41) is 6.96. The molecule has 1 fully saturated rings. The highest BCUT2D eigenvalue weighted by atomic mass is 32.1. The second-order valence-corrected chi connectivity index (χ2v) is 5.91. The minimum Gasteiger partial charge on any atom is -0.379 e. The number of thiophene rings is 1. The van der Waals surface area contributed by atoms with E-state index in [2.05, 4.69) is 35.0 Å². The lowest BCUT2D eigenvalue weighted by atomic mass is 9.97. The lowest BCUT2D eigenvalue weighted by molar-refractivity contribution is 0.0535. The molecule has 0 bridgehead atoms. The molecule has 1 saturated carbocycles. The van der Waals surface area contributed by atoms with Gasteiger partial charge in [-0.25, -0.2) is 0 Å². The third-order valence-corrected chi connectivity index (χ3v) is 4.82. The number of ether oxygens (including phenoxy) is 1. The van der Waals surface area contributed by atoms with Gasteiger partial charge in [-0.15, -0.1) is 11.3 Å². The summed E-state index contributed by atoms with van der Waals surface area (Å²) in [4.78, 5) is 0. The van der Waals surface area contributed by atoms with Crippen LogP contribution in [0.1, 0.15) is 24.4 Å². The molecule has 2 atom stereocenters. The number of fused-ring (bicyclic) bond motifs is 1. The summed E-state index contributed by atoms with van der Waals surface area (Å²) in [5.74, 6) is 0.725. The van der Waals surface area contributed by atoms with Crippen LogP contribution < -0.4 is 5.32 Å². The lowest BCUT2D eigenvalue weighted by Gasteiger charge is -2.26. The van der Waals surface area contributed by atoms with E-state index in [1.54, 1.807) is 0 Å². The van der Waals surface area contributed by atoms with Crippen molar-refractivity contribution >= 4 is 21.4 Å². The van der Waals surface area contributed by atoms with Crippen LogP contribution in [-0.4, -0.2) is 20.3 Å². The van der Waals surface area contributed by atoms with E-state index in [1.165, 1.54) is 28.5 Å². The average Bonchev–Trinajstić information content (AvgIpc) is 3.11. The minimum absolute atomic E-state index is 0.294. The monoisotopic (exact) mass is 261 g/mol. The van der Waals surface area contributed by atoms with Crippen molar-refractivity contribution in [2.24, 2.45) is 5.92 Å². The molecule has 1 aromatic heterocycles. The van der Waals surface area contributed by atoms with Crippen molar-refractivity contribution in [2.45, 2.75) is 25.0 Å². The van der Waals surface area contributed by atoms with Gasteiger partial charge in [-0.2, -0.15) is 0 Å². The largest absolute Gasteiger partial charge is 0.379 e. The van der Waals surface area contributed by atoms with Gasteiger partial charge in [0.2, 0.25) is 0 Å². The molecule has 0 saturated heterocycles. The summed E-state index contributed by atoms with van der Waals surface area (Å²) in [5.41, 5.74) is 1.38. The van der Waals surface area contributed by atoms with Gasteiger partial charge in [-0.1, -0.05) is 18.2 Å². The molecule has 0 amide bonds. The van der Waals surface area contributed by atoms with E-state index < -0.39 is 0 Å². The highest BCUT2D eigenvalue weighted by Crippen LogP contribution is 2.41. The summed E-state index contributed by atoms with van der Waals surface area (Å²) >= 11 is 1.82. The van der Waals surface area contributed by atoms with Gasteiger partial charge in [0.25, 0.3) is 0 Å². The molecule has 1 N–H and O–H groups in total. The summed E-state index contributed by atoms with van der Waals surface area (Å²) in [6, 6.07) is 9.05. The normalized spacial score (nSPS) is 19.0. The second-order valence-electron chi connectivity index (χ2n) is 4.99. The molecule has 3 rings (SSSR count). The van der Waals surface area contributed by atoms with Gasteiger partial charge in [0.15, 0.2) is 0 Å². The molecular weight excluding hydrogens is 242 g/mol. The summed E-state index contributed by atoms with van der Waals surface area (Å²) in [6.45, 7) is 0. The van der Waals surface area contributed by atoms with E-state index >= 15 is 0 Å². The summed E-state index contributed by atoms with van der Waals surface area (Å²) in [7, 11) is 3.87. The Hall–Kier alpha value is -0.900. The first-order valence-corrected chi connectivity index (χ1v) is 7.39. The fraction of sp³-hybridized carbons (Fsp3) is 0.467. The van der Waals surface area contributed by atoms with Crippen LogP contribution in [0.25, 0.3) is 10.1 Å². The van der Waals surface area contributed by atoms with E-state index in [0.717, 1.165) is 5.92 Å². The number of nitrogens with one attached hydrogen (secondary N) is 1. The number of benzene rings is 1. The van der Waals surface area contributed by atoms with Crippen LogP contribution in [-0.2, 0) is 4.74 Å². The van der Waals surface area contributed by atoms with Crippen molar-refractivity contribution in [3.63, 3.8) is 0 Å². The maximum Gasteiger partial charge on any atom is 0.0794 e. The first-order chi connectivity index (χ1) is 8.85. The van der Waals surface area contributed by atoms with Crippen molar-refractivity contribution < 1.29 is 4.74 Å². The summed E-state index contributed by atoms with van der Waals surface area (Å²) in [6.07, 6.45) is 2.90. The van der Waals surface area contributed by atoms with Crippen molar-refractivity contribution in [3.05, 3.63) is 35.2 Å². The zero-order chi connectivity index (χ0) is 12.5. The van der Waals surface area contributed by atoms with E-state index in [-0.39, 0.29) is 0 Å². The Morgan fingerprint density at radius 1 is 1.33 bits per heavy atom. The number of rotatable bonds is 5. The van der Waals surface area contributed by atoms with Crippen LogP contribution in [0.3, 0.4) is 0 Å². The molecule has 1 heterocycles. The molecule has 1 aliphatic rings. The quantitative estimate of drug-likeness (QED) is 0.888. The molecule has 0 spiro atoms. The standard InChI is InChI=1S/C15H19NOS/c1-16-13(14(17-2)10-6-7-10)12-5-3-4-11-8-9-18-15(11)12/h3-5,8-10,13-14,16H,6-7H2,1-2H3. The van der Waals surface area contributed by atoms with Crippen LogP contribution in [0.4, 0.5) is 0 Å². The van der Waals surface area contributed by atoms with Crippen LogP contribution in [0.2, 0.25) is 0 Å². The van der Waals surface area contributed by atoms with E-state index in [4.69, 9.17) is 4.74 Å². The van der Waals surface area contributed by atoms with Gasteiger partial charge in [-0.3, -0.25) is 0 Å². The maximum atomic E-state index is 5.75. The highest BCUT2D eigenvalue weighted by Gasteiger charge is 2.37. The molecule has 0 aliphatic heterocycles. The lowest BCUT2D eigenvalue weighted by Crippen LogP contribution is -2.32. The molecule has 18 heavy (non-hydrogen) atoms. The van der Waals surface area contributed by atoms with Gasteiger partial charge >= 0.3 is 0 Å². The third-order valence-electron chi connectivity index (χ3n) is 3.84. The Morgan fingerprint density at radius 2 is 2.17 bits per heavy atom. The van der Waals surface area contributed by atoms with Crippen molar-refractivity contribution in [3.8, 4) is 0 Å². The van der Waals surface area contributed by atoms with Crippen LogP contribution in [0.15, 0.2) is 29.6 Å². The predicted molar refractivity (Wildman–Crippen MR) is 77.1 cm³/mol. The van der Waals surface area contributed by atoms with Gasteiger partial charge in [-0.05, 0) is 48.2 Å². The molecule has 0 radical (unpaired) electrons. The Labute approximate surface area is 112 Å². The van der Waals surface area contributed by atoms with Crippen LogP contribution in [0, 0.1) is 5.92 Å². The van der Waals surface area contributed by atoms with Gasteiger partial charge in [0.1, 0.15) is 0 Å². The van der Waals surface area contributed by atoms with Gasteiger partial charge in [0, 0.05) is 11.8 Å². The summed E-state index contributed by atoms with van der Waals surface area (Å²) < 4.78 is 7.14. The highest BCUT2D eigenvalue weighted by molar-refractivity contribution is 7.17. The Bertz CT molecular complexity index is 532. The molecule has 3 heteroatoms. The van der Waals surface area contributed by atoms with E-state index in [1.807, 2.05) is 25.5 Å². The van der Waals surface area contributed by atoms with Gasteiger partial charge < -0.3 is 10.1 Å². The smallest absolute Gasteiger partial charge is 0.0794 e. The number of methoxy groups -OCH3 is 1. The first-order valence-electron chi connectivity index (χ1n) is 6.51.